The number of anilines is 1. The number of nitrogens with one attached hydrogen (secondary N) is 2. The van der Waals surface area contributed by atoms with Gasteiger partial charge in [0.25, 0.3) is 0 Å². The minimum Gasteiger partial charge on any atom is -0.365 e. The van der Waals surface area contributed by atoms with Crippen molar-refractivity contribution in [2.24, 2.45) is 0 Å². The van der Waals surface area contributed by atoms with E-state index in [0.29, 0.717) is 11.7 Å². The van der Waals surface area contributed by atoms with Gasteiger partial charge >= 0.3 is 0 Å². The summed E-state index contributed by atoms with van der Waals surface area (Å²) in [5.74, 6) is 0.839. The maximum Gasteiger partial charge on any atom is 0.182 e. The molecule has 0 fully saturated rings. The second-order valence-corrected chi connectivity index (χ2v) is 3.61. The second kappa shape index (κ2) is 3.34. The van der Waals surface area contributed by atoms with Crippen LogP contribution in [0, 0.1) is 0 Å². The molecule has 76 valence electrons. The van der Waals surface area contributed by atoms with Gasteiger partial charge in [-0.2, -0.15) is 0 Å². The van der Waals surface area contributed by atoms with Gasteiger partial charge in [-0.05, 0) is 12.8 Å². The van der Waals surface area contributed by atoms with Crippen molar-refractivity contribution in [1.82, 2.24) is 19.9 Å². The Morgan fingerprint density at radius 1 is 1.20 bits per heavy atom. The number of aromatic nitrogens is 4. The summed E-state index contributed by atoms with van der Waals surface area (Å²) in [6.45, 7) is 0. The fourth-order valence-electron chi connectivity index (χ4n) is 1.80. The lowest BCUT2D eigenvalue weighted by Crippen LogP contribution is -2.16. The standard InChI is InChI=1S/C10H11N5/c1-2-4-7(3-1)15-10-8-9(12-5-11-8)13-6-14-10/h1-2,5-7H,3-4H2,(H2,11,12,13,14,15). The topological polar surface area (TPSA) is 66.5 Å². The molecule has 0 aliphatic heterocycles. The lowest BCUT2D eigenvalue weighted by atomic mass is 10.2. The summed E-state index contributed by atoms with van der Waals surface area (Å²) in [6.07, 6.45) is 9.65. The molecule has 5 heteroatoms. The normalized spacial score (nSPS) is 16.3. The molecule has 0 radical (unpaired) electrons. The van der Waals surface area contributed by atoms with Gasteiger partial charge in [0.15, 0.2) is 11.5 Å². The van der Waals surface area contributed by atoms with E-state index >= 15 is 0 Å². The van der Waals surface area contributed by atoms with Gasteiger partial charge in [-0.15, -0.1) is 0 Å². The molecule has 2 heterocycles. The van der Waals surface area contributed by atoms with Gasteiger partial charge in [0.1, 0.15) is 11.8 Å². The van der Waals surface area contributed by atoms with E-state index in [1.54, 1.807) is 6.33 Å². The molecule has 2 aromatic rings. The number of hydrogen-bond acceptors (Lipinski definition) is 4. The van der Waals surface area contributed by atoms with Crippen molar-refractivity contribution in [2.45, 2.75) is 18.9 Å². The number of imidazole rings is 1. The molecule has 0 amide bonds. The number of nitrogens with zero attached hydrogens (tertiary/aromatic N) is 3. The van der Waals surface area contributed by atoms with Crippen LogP contribution < -0.4 is 5.32 Å². The highest BCUT2D eigenvalue weighted by Gasteiger charge is 2.13. The molecule has 0 bridgehead atoms. The quantitative estimate of drug-likeness (QED) is 0.722. The van der Waals surface area contributed by atoms with Crippen LogP contribution in [0.15, 0.2) is 24.8 Å². The van der Waals surface area contributed by atoms with Crippen LogP contribution in [0.25, 0.3) is 11.2 Å². The van der Waals surface area contributed by atoms with E-state index in [-0.39, 0.29) is 0 Å². The number of hydrogen-bond donors (Lipinski definition) is 2. The molecule has 0 aromatic carbocycles. The van der Waals surface area contributed by atoms with E-state index in [2.05, 4.69) is 37.4 Å². The van der Waals surface area contributed by atoms with Crippen molar-refractivity contribution in [3.05, 3.63) is 24.8 Å². The van der Waals surface area contributed by atoms with Crippen LogP contribution in [-0.2, 0) is 0 Å². The van der Waals surface area contributed by atoms with Crippen LogP contribution in [0.4, 0.5) is 5.82 Å². The Kier molecular flexibility index (Phi) is 1.87. The smallest absolute Gasteiger partial charge is 0.182 e. The molecule has 0 atom stereocenters. The maximum absolute atomic E-state index is 4.22. The zero-order chi connectivity index (χ0) is 10.1. The van der Waals surface area contributed by atoms with Gasteiger partial charge in [0.05, 0.1) is 6.33 Å². The summed E-state index contributed by atoms with van der Waals surface area (Å²) in [6, 6.07) is 0.450. The summed E-state index contributed by atoms with van der Waals surface area (Å²) < 4.78 is 0. The van der Waals surface area contributed by atoms with Gasteiger partial charge in [0.2, 0.25) is 0 Å². The first-order valence-electron chi connectivity index (χ1n) is 4.99. The van der Waals surface area contributed by atoms with Gasteiger partial charge in [-0.1, -0.05) is 12.2 Å². The fraction of sp³-hybridized carbons (Fsp3) is 0.300. The average Bonchev–Trinajstić information content (AvgIpc) is 2.87. The number of fused-ring (bicyclic) bond motifs is 1. The van der Waals surface area contributed by atoms with Gasteiger partial charge in [0, 0.05) is 6.04 Å². The van der Waals surface area contributed by atoms with Gasteiger partial charge in [-0.25, -0.2) is 15.0 Å². The predicted molar refractivity (Wildman–Crippen MR) is 57.5 cm³/mol. The molecule has 1 aliphatic rings. The van der Waals surface area contributed by atoms with Crippen molar-refractivity contribution >= 4 is 17.0 Å². The van der Waals surface area contributed by atoms with Crippen LogP contribution in [-0.4, -0.2) is 26.0 Å². The molecule has 5 nitrogen and oxygen atoms in total. The Morgan fingerprint density at radius 2 is 2.07 bits per heavy atom. The molecular weight excluding hydrogens is 190 g/mol. The predicted octanol–water partition coefficient (Wildman–Crippen LogP) is 1.48. The molecule has 1 aliphatic carbocycles. The summed E-state index contributed by atoms with van der Waals surface area (Å²) in [4.78, 5) is 15.4. The molecular formula is C10H11N5. The lowest BCUT2D eigenvalue weighted by molar-refractivity contribution is 0.781. The first-order chi connectivity index (χ1) is 7.43. The van der Waals surface area contributed by atoms with Gasteiger partial charge < -0.3 is 10.3 Å². The molecule has 0 spiro atoms. The van der Waals surface area contributed by atoms with E-state index in [9.17, 15) is 0 Å². The zero-order valence-corrected chi connectivity index (χ0v) is 8.14. The third-order valence-electron chi connectivity index (χ3n) is 2.57. The van der Waals surface area contributed by atoms with Crippen LogP contribution in [0.3, 0.4) is 0 Å². The molecule has 2 N–H and O–H groups in total. The van der Waals surface area contributed by atoms with E-state index in [0.717, 1.165) is 24.2 Å². The van der Waals surface area contributed by atoms with Crippen molar-refractivity contribution < 1.29 is 0 Å². The monoisotopic (exact) mass is 201 g/mol. The Morgan fingerprint density at radius 3 is 2.93 bits per heavy atom. The summed E-state index contributed by atoms with van der Waals surface area (Å²) >= 11 is 0. The second-order valence-electron chi connectivity index (χ2n) is 3.61. The number of aromatic amines is 1. The molecule has 0 unspecified atom stereocenters. The first-order valence-corrected chi connectivity index (χ1v) is 4.99. The van der Waals surface area contributed by atoms with E-state index < -0.39 is 0 Å². The SMILES string of the molecule is C1=CCC(Nc2ncnc3nc[nH]c23)C1. The number of H-pyrrole nitrogens is 1. The van der Waals surface area contributed by atoms with Gasteiger partial charge in [-0.3, -0.25) is 0 Å². The highest BCUT2D eigenvalue weighted by Crippen LogP contribution is 2.19. The van der Waals surface area contributed by atoms with Crippen LogP contribution in [0.5, 0.6) is 0 Å². The van der Waals surface area contributed by atoms with E-state index in [1.165, 1.54) is 6.33 Å². The highest BCUT2D eigenvalue weighted by molar-refractivity contribution is 5.82. The molecule has 3 rings (SSSR count). The van der Waals surface area contributed by atoms with Crippen molar-refractivity contribution in [3.63, 3.8) is 0 Å². The molecule has 2 aromatic heterocycles. The first kappa shape index (κ1) is 8.40. The molecule has 15 heavy (non-hydrogen) atoms. The van der Waals surface area contributed by atoms with E-state index in [1.807, 2.05) is 0 Å². The third kappa shape index (κ3) is 1.45. The summed E-state index contributed by atoms with van der Waals surface area (Å²) in [7, 11) is 0. The third-order valence-corrected chi connectivity index (χ3v) is 2.57. The average molecular weight is 201 g/mol. The number of rotatable bonds is 2. The summed E-state index contributed by atoms with van der Waals surface area (Å²) in [5, 5.41) is 3.39. The van der Waals surface area contributed by atoms with Crippen LogP contribution >= 0.6 is 0 Å². The summed E-state index contributed by atoms with van der Waals surface area (Å²) in [5.41, 5.74) is 1.59. The highest BCUT2D eigenvalue weighted by atomic mass is 15.1. The fourth-order valence-corrected chi connectivity index (χ4v) is 1.80. The van der Waals surface area contributed by atoms with Crippen LogP contribution in [0.1, 0.15) is 12.8 Å². The van der Waals surface area contributed by atoms with E-state index in [4.69, 9.17) is 0 Å². The van der Waals surface area contributed by atoms with Crippen molar-refractivity contribution in [3.8, 4) is 0 Å². The maximum atomic E-state index is 4.22. The Balaban J connectivity index is 1.92. The Hall–Kier alpha value is -1.91. The largest absolute Gasteiger partial charge is 0.365 e. The lowest BCUT2D eigenvalue weighted by Gasteiger charge is -2.12. The minimum atomic E-state index is 0.450. The Labute approximate surface area is 86.7 Å². The Bertz CT molecular complexity index is 493. The minimum absolute atomic E-state index is 0.450. The van der Waals surface area contributed by atoms with Crippen molar-refractivity contribution in [2.75, 3.05) is 5.32 Å². The van der Waals surface area contributed by atoms with Crippen LogP contribution in [0.2, 0.25) is 0 Å². The molecule has 0 saturated carbocycles. The van der Waals surface area contributed by atoms with Crippen molar-refractivity contribution in [1.29, 1.82) is 0 Å². The zero-order valence-electron chi connectivity index (χ0n) is 8.14. The molecule has 0 saturated heterocycles.